The number of rotatable bonds is 1. The molecule has 0 radical (unpaired) electrons. The van der Waals surface area contributed by atoms with E-state index in [4.69, 9.17) is 0 Å². The van der Waals surface area contributed by atoms with Gasteiger partial charge in [-0.15, -0.1) is 0 Å². The van der Waals surface area contributed by atoms with Crippen LogP contribution < -0.4 is 0 Å². The Morgan fingerprint density at radius 1 is 0.889 bits per heavy atom. The topological polar surface area (TPSA) is 0 Å². The van der Waals surface area contributed by atoms with Gasteiger partial charge in [-0.3, -0.25) is 0 Å². The summed E-state index contributed by atoms with van der Waals surface area (Å²) in [5.41, 5.74) is 8.74. The summed E-state index contributed by atoms with van der Waals surface area (Å²) in [5.74, 6) is 0. The van der Waals surface area contributed by atoms with Gasteiger partial charge in [-0.05, 0) is 41.2 Å². The smallest absolute Gasteiger partial charge is 0.0158 e. The van der Waals surface area contributed by atoms with Gasteiger partial charge in [-0.1, -0.05) is 62.7 Å². The van der Waals surface area contributed by atoms with Gasteiger partial charge in [0, 0.05) is 5.41 Å². The zero-order valence-electron chi connectivity index (χ0n) is 11.7. The molecule has 0 aliphatic heterocycles. The standard InChI is InChI=1S/C18H20/c1-5-13-7-8-14-15-10-12(2)6-9-16(15)18(3,4)17(14)11-13/h6-11H,5H2,1-4H3. The second-order valence-corrected chi connectivity index (χ2v) is 5.91. The molecule has 0 saturated carbocycles. The van der Waals surface area contributed by atoms with Crippen molar-refractivity contribution in [1.29, 1.82) is 0 Å². The minimum Gasteiger partial charge on any atom is -0.0613 e. The van der Waals surface area contributed by atoms with Crippen LogP contribution in [0.25, 0.3) is 11.1 Å². The number of fused-ring (bicyclic) bond motifs is 3. The van der Waals surface area contributed by atoms with Crippen molar-refractivity contribution < 1.29 is 0 Å². The quantitative estimate of drug-likeness (QED) is 0.663. The van der Waals surface area contributed by atoms with Crippen molar-refractivity contribution in [2.24, 2.45) is 0 Å². The Balaban J connectivity index is 2.32. The highest BCUT2D eigenvalue weighted by atomic mass is 14.4. The summed E-state index contributed by atoms with van der Waals surface area (Å²) in [5, 5.41) is 0. The maximum absolute atomic E-state index is 2.39. The predicted octanol–water partition coefficient (Wildman–Crippen LogP) is 4.86. The summed E-state index contributed by atoms with van der Waals surface area (Å²) in [4.78, 5) is 0. The summed E-state index contributed by atoms with van der Waals surface area (Å²) in [7, 11) is 0. The number of benzene rings is 2. The van der Waals surface area contributed by atoms with Gasteiger partial charge in [0.15, 0.2) is 0 Å². The highest BCUT2D eigenvalue weighted by Gasteiger charge is 2.35. The monoisotopic (exact) mass is 236 g/mol. The minimum atomic E-state index is 0.142. The highest BCUT2D eigenvalue weighted by molar-refractivity contribution is 5.81. The Morgan fingerprint density at radius 2 is 1.67 bits per heavy atom. The number of aryl methyl sites for hydroxylation is 2. The maximum Gasteiger partial charge on any atom is 0.0158 e. The van der Waals surface area contributed by atoms with E-state index < -0.39 is 0 Å². The largest absolute Gasteiger partial charge is 0.0613 e. The van der Waals surface area contributed by atoms with Crippen molar-refractivity contribution in [1.82, 2.24) is 0 Å². The Bertz CT molecular complexity index is 618. The van der Waals surface area contributed by atoms with Gasteiger partial charge in [0.1, 0.15) is 0 Å². The summed E-state index contributed by atoms with van der Waals surface area (Å²) in [6, 6.07) is 13.8. The molecule has 0 atom stereocenters. The van der Waals surface area contributed by atoms with Crippen LogP contribution in [0.3, 0.4) is 0 Å². The fourth-order valence-electron chi connectivity index (χ4n) is 3.13. The van der Waals surface area contributed by atoms with E-state index in [0.29, 0.717) is 0 Å². The molecule has 92 valence electrons. The summed E-state index contributed by atoms with van der Waals surface area (Å²) >= 11 is 0. The van der Waals surface area contributed by atoms with Gasteiger partial charge in [0.05, 0.1) is 0 Å². The second-order valence-electron chi connectivity index (χ2n) is 5.91. The van der Waals surface area contributed by atoms with Crippen molar-refractivity contribution in [3.8, 4) is 11.1 Å². The minimum absolute atomic E-state index is 0.142. The van der Waals surface area contributed by atoms with Crippen LogP contribution in [0.15, 0.2) is 36.4 Å². The van der Waals surface area contributed by atoms with E-state index in [1.54, 1.807) is 0 Å². The Morgan fingerprint density at radius 3 is 2.39 bits per heavy atom. The molecule has 0 heterocycles. The van der Waals surface area contributed by atoms with Crippen LogP contribution in [0.5, 0.6) is 0 Å². The molecule has 0 amide bonds. The van der Waals surface area contributed by atoms with Crippen molar-refractivity contribution in [3.63, 3.8) is 0 Å². The zero-order valence-corrected chi connectivity index (χ0v) is 11.7. The van der Waals surface area contributed by atoms with E-state index in [1.165, 1.54) is 33.4 Å². The average molecular weight is 236 g/mol. The van der Waals surface area contributed by atoms with Crippen LogP contribution >= 0.6 is 0 Å². The number of hydrogen-bond acceptors (Lipinski definition) is 0. The lowest BCUT2D eigenvalue weighted by Gasteiger charge is -2.22. The predicted molar refractivity (Wildman–Crippen MR) is 78.1 cm³/mol. The summed E-state index contributed by atoms with van der Waals surface area (Å²) < 4.78 is 0. The van der Waals surface area contributed by atoms with E-state index in [-0.39, 0.29) is 5.41 Å². The van der Waals surface area contributed by atoms with Gasteiger partial charge in [0.2, 0.25) is 0 Å². The van der Waals surface area contributed by atoms with E-state index in [2.05, 4.69) is 64.1 Å². The van der Waals surface area contributed by atoms with E-state index >= 15 is 0 Å². The molecular weight excluding hydrogens is 216 g/mol. The van der Waals surface area contributed by atoms with E-state index in [9.17, 15) is 0 Å². The molecular formula is C18H20. The molecule has 0 nitrogen and oxygen atoms in total. The first-order chi connectivity index (χ1) is 8.54. The second kappa shape index (κ2) is 3.71. The lowest BCUT2D eigenvalue weighted by atomic mass is 9.82. The van der Waals surface area contributed by atoms with Crippen LogP contribution in [0.2, 0.25) is 0 Å². The molecule has 0 heteroatoms. The molecule has 2 aromatic rings. The lowest BCUT2D eigenvalue weighted by Crippen LogP contribution is -2.15. The molecule has 3 rings (SSSR count). The van der Waals surface area contributed by atoms with Crippen molar-refractivity contribution in [2.75, 3.05) is 0 Å². The third-order valence-electron chi connectivity index (χ3n) is 4.30. The third-order valence-corrected chi connectivity index (χ3v) is 4.30. The average Bonchev–Trinajstić information content (AvgIpc) is 2.58. The van der Waals surface area contributed by atoms with Crippen LogP contribution in [-0.4, -0.2) is 0 Å². The highest BCUT2D eigenvalue weighted by Crippen LogP contribution is 2.48. The Hall–Kier alpha value is -1.56. The third kappa shape index (κ3) is 1.45. The molecule has 0 fully saturated rings. The molecule has 2 aromatic carbocycles. The molecule has 1 aliphatic carbocycles. The van der Waals surface area contributed by atoms with Gasteiger partial charge in [-0.2, -0.15) is 0 Å². The Labute approximate surface area is 110 Å². The SMILES string of the molecule is CCc1ccc2c(c1)C(C)(C)c1ccc(C)cc1-2. The first-order valence-corrected chi connectivity index (χ1v) is 6.79. The fraction of sp³-hybridized carbons (Fsp3) is 0.333. The molecule has 0 N–H and O–H groups in total. The van der Waals surface area contributed by atoms with Crippen LogP contribution in [-0.2, 0) is 11.8 Å². The molecule has 0 aromatic heterocycles. The molecule has 18 heavy (non-hydrogen) atoms. The Kier molecular flexibility index (Phi) is 2.38. The van der Waals surface area contributed by atoms with Crippen molar-refractivity contribution >= 4 is 0 Å². The van der Waals surface area contributed by atoms with Gasteiger partial charge in [-0.25, -0.2) is 0 Å². The van der Waals surface area contributed by atoms with Gasteiger partial charge < -0.3 is 0 Å². The lowest BCUT2D eigenvalue weighted by molar-refractivity contribution is 0.659. The maximum atomic E-state index is 2.39. The molecule has 1 aliphatic rings. The fourth-order valence-corrected chi connectivity index (χ4v) is 3.13. The molecule has 0 spiro atoms. The normalized spacial score (nSPS) is 15.3. The van der Waals surface area contributed by atoms with E-state index in [1.807, 2.05) is 0 Å². The number of hydrogen-bond donors (Lipinski definition) is 0. The first-order valence-electron chi connectivity index (χ1n) is 6.79. The zero-order chi connectivity index (χ0) is 12.9. The van der Waals surface area contributed by atoms with E-state index in [0.717, 1.165) is 6.42 Å². The summed E-state index contributed by atoms with van der Waals surface area (Å²) in [6.45, 7) is 9.07. The molecule has 0 bridgehead atoms. The van der Waals surface area contributed by atoms with Gasteiger partial charge >= 0.3 is 0 Å². The summed E-state index contributed by atoms with van der Waals surface area (Å²) in [6.07, 6.45) is 1.11. The molecule has 0 unspecified atom stereocenters. The first kappa shape index (κ1) is 11.5. The van der Waals surface area contributed by atoms with Crippen molar-refractivity contribution in [2.45, 2.75) is 39.5 Å². The van der Waals surface area contributed by atoms with Crippen LogP contribution in [0, 0.1) is 6.92 Å². The molecule has 0 saturated heterocycles. The van der Waals surface area contributed by atoms with Crippen LogP contribution in [0.4, 0.5) is 0 Å². The van der Waals surface area contributed by atoms with Crippen molar-refractivity contribution in [3.05, 3.63) is 58.7 Å². The van der Waals surface area contributed by atoms with Crippen LogP contribution in [0.1, 0.15) is 43.0 Å². The van der Waals surface area contributed by atoms with Gasteiger partial charge in [0.25, 0.3) is 0 Å².